The first kappa shape index (κ1) is 25.7. The van der Waals surface area contributed by atoms with Crippen LogP contribution in [-0.4, -0.2) is 60.9 Å². The van der Waals surface area contributed by atoms with E-state index in [0.29, 0.717) is 5.56 Å². The molecule has 1 saturated heterocycles. The molecule has 0 saturated carbocycles. The maximum absolute atomic E-state index is 14.6. The summed E-state index contributed by atoms with van der Waals surface area (Å²) in [6, 6.07) is 11.4. The molecular weight excluding hydrogens is 520 g/mol. The number of aromatic nitrogens is 1. The molecule has 198 valence electrons. The van der Waals surface area contributed by atoms with E-state index in [1.165, 1.54) is 33.6 Å². The van der Waals surface area contributed by atoms with E-state index in [9.17, 15) is 23.2 Å². The minimum absolute atomic E-state index is 0.103. The molecule has 2 atom stereocenters. The molecule has 3 heterocycles. The molecule has 12 heteroatoms. The van der Waals surface area contributed by atoms with E-state index < -0.39 is 47.1 Å². The summed E-state index contributed by atoms with van der Waals surface area (Å²) < 4.78 is 45.4. The molecule has 1 aromatic heterocycles. The van der Waals surface area contributed by atoms with E-state index in [-0.39, 0.29) is 25.5 Å². The zero-order valence-corrected chi connectivity index (χ0v) is 21.2. The van der Waals surface area contributed by atoms with Crippen molar-refractivity contribution in [1.82, 2.24) is 9.58 Å². The first-order valence-corrected chi connectivity index (χ1v) is 12.8. The molecule has 2 aliphatic rings. The third-order valence-corrected chi connectivity index (χ3v) is 7.28. The summed E-state index contributed by atoms with van der Waals surface area (Å²) in [5.41, 5.74) is 0.238. The third-order valence-electron chi connectivity index (χ3n) is 6.47. The predicted molar refractivity (Wildman–Crippen MR) is 134 cm³/mol. The molecule has 3 aromatic rings. The van der Waals surface area contributed by atoms with Crippen molar-refractivity contribution in [2.75, 3.05) is 38.1 Å². The van der Waals surface area contributed by atoms with Crippen LogP contribution in [0.4, 0.5) is 13.6 Å². The van der Waals surface area contributed by atoms with Crippen LogP contribution >= 0.6 is 11.8 Å². The second-order valence-electron chi connectivity index (χ2n) is 8.51. The Labute approximate surface area is 220 Å². The molecule has 2 aromatic carbocycles. The number of carbonyl (C=O) groups excluding carboxylic acids is 2. The first-order valence-electron chi connectivity index (χ1n) is 11.6. The van der Waals surface area contributed by atoms with Crippen molar-refractivity contribution in [3.63, 3.8) is 0 Å². The number of nitrogens with zero attached hydrogens (tertiary/aromatic N) is 3. The number of amides is 1. The molecular formula is C26H23F2N3O6S. The van der Waals surface area contributed by atoms with Crippen molar-refractivity contribution in [2.45, 2.75) is 17.1 Å². The maximum atomic E-state index is 14.6. The molecule has 38 heavy (non-hydrogen) atoms. The quantitative estimate of drug-likeness (QED) is 0.357. The number of hydrogen-bond donors (Lipinski definition) is 0. The molecule has 1 amide bonds. The smallest absolute Gasteiger partial charge is 0.437 e. The average Bonchev–Trinajstić information content (AvgIpc) is 2.94. The zero-order chi connectivity index (χ0) is 27.0. The summed E-state index contributed by atoms with van der Waals surface area (Å²) in [5, 5.41) is 1.75. The highest BCUT2D eigenvalue weighted by Crippen LogP contribution is 2.39. The summed E-state index contributed by atoms with van der Waals surface area (Å²) in [6.45, 7) is 0.541. The van der Waals surface area contributed by atoms with E-state index in [1.807, 2.05) is 30.5 Å². The van der Waals surface area contributed by atoms with Crippen molar-refractivity contribution >= 4 is 23.8 Å². The van der Waals surface area contributed by atoms with Crippen LogP contribution in [0.1, 0.15) is 27.7 Å². The molecule has 2 aliphatic heterocycles. The summed E-state index contributed by atoms with van der Waals surface area (Å²) in [6.07, 6.45) is 1.43. The lowest BCUT2D eigenvalue weighted by molar-refractivity contribution is -0.0198. The van der Waals surface area contributed by atoms with E-state index in [1.54, 1.807) is 5.01 Å². The lowest BCUT2D eigenvalue weighted by Crippen LogP contribution is -2.66. The van der Waals surface area contributed by atoms with Gasteiger partial charge in [-0.15, -0.1) is 11.8 Å². The molecule has 0 unspecified atom stereocenters. The highest BCUT2D eigenvalue weighted by molar-refractivity contribution is 7.98. The second kappa shape index (κ2) is 10.5. The Balaban J connectivity index is 1.81. The number of morpholine rings is 1. The molecule has 0 bridgehead atoms. The lowest BCUT2D eigenvalue weighted by Gasteiger charge is -2.51. The van der Waals surface area contributed by atoms with Crippen LogP contribution in [0.3, 0.4) is 0 Å². The normalized spacial score (nSPS) is 17.5. The molecule has 0 spiro atoms. The summed E-state index contributed by atoms with van der Waals surface area (Å²) >= 11 is 1.47. The number of methoxy groups -OCH3 is 1. The largest absolute Gasteiger partial charge is 0.513 e. The van der Waals surface area contributed by atoms with Crippen molar-refractivity contribution in [3.8, 4) is 5.75 Å². The van der Waals surface area contributed by atoms with Crippen LogP contribution in [0.25, 0.3) is 0 Å². The van der Waals surface area contributed by atoms with Gasteiger partial charge in [0.05, 0.1) is 26.4 Å². The zero-order valence-electron chi connectivity index (χ0n) is 20.4. The molecule has 5 rings (SSSR count). The van der Waals surface area contributed by atoms with Crippen molar-refractivity contribution in [1.29, 1.82) is 0 Å². The van der Waals surface area contributed by atoms with Crippen LogP contribution in [0.2, 0.25) is 0 Å². The van der Waals surface area contributed by atoms with Crippen LogP contribution in [0.5, 0.6) is 5.75 Å². The number of carbonyl (C=O) groups is 2. The summed E-state index contributed by atoms with van der Waals surface area (Å²) in [4.78, 5) is 40.8. The Morgan fingerprint density at radius 1 is 1.13 bits per heavy atom. The van der Waals surface area contributed by atoms with Gasteiger partial charge in [0.15, 0.2) is 17.3 Å². The Bertz CT molecular complexity index is 1470. The van der Waals surface area contributed by atoms with Crippen molar-refractivity contribution in [3.05, 3.63) is 93.4 Å². The van der Waals surface area contributed by atoms with Crippen molar-refractivity contribution in [2.24, 2.45) is 0 Å². The van der Waals surface area contributed by atoms with Crippen LogP contribution < -0.4 is 15.2 Å². The number of thioether (sulfide) groups is 1. The topological polar surface area (TPSA) is 90.3 Å². The monoisotopic (exact) mass is 543 g/mol. The Morgan fingerprint density at radius 3 is 2.66 bits per heavy atom. The standard InChI is InChI=1S/C26H23F2N3O6S/c1-35-26(34)37-24-19(32)9-10-30-23(24)25(33)29-11-12-36-14-21(29)31(30)22(15-7-8-17(27)18(28)13-15)16-5-3-4-6-20(16)38-2/h3-10,13,21-22H,11-12,14H2,1-2H3/t21-,22-/m1/s1. The number of rotatable bonds is 5. The Morgan fingerprint density at radius 2 is 1.92 bits per heavy atom. The summed E-state index contributed by atoms with van der Waals surface area (Å²) in [7, 11) is 1.08. The van der Waals surface area contributed by atoms with Crippen LogP contribution in [-0.2, 0) is 9.47 Å². The second-order valence-corrected chi connectivity index (χ2v) is 9.36. The van der Waals surface area contributed by atoms with Gasteiger partial charge in [0.1, 0.15) is 6.17 Å². The maximum Gasteiger partial charge on any atom is 0.513 e. The molecule has 9 nitrogen and oxygen atoms in total. The van der Waals surface area contributed by atoms with E-state index in [0.717, 1.165) is 35.8 Å². The van der Waals surface area contributed by atoms with Crippen LogP contribution in [0, 0.1) is 11.6 Å². The fourth-order valence-corrected chi connectivity index (χ4v) is 5.42. The third kappa shape index (κ3) is 4.39. The van der Waals surface area contributed by atoms with Crippen molar-refractivity contribution < 1.29 is 32.6 Å². The number of pyridine rings is 1. The van der Waals surface area contributed by atoms with E-state index in [4.69, 9.17) is 9.47 Å². The number of benzene rings is 2. The SMILES string of the molecule is COC(=O)Oc1c2n(ccc1=O)N([C@H](c1ccc(F)c(F)c1)c1ccccc1SC)[C@@H]1COCCN1C2=O. The van der Waals surface area contributed by atoms with E-state index >= 15 is 0 Å². The average molecular weight is 544 g/mol. The fraction of sp³-hybridized carbons (Fsp3) is 0.269. The number of fused-ring (bicyclic) bond motifs is 2. The van der Waals surface area contributed by atoms with Gasteiger partial charge in [-0.3, -0.25) is 19.3 Å². The van der Waals surface area contributed by atoms with E-state index in [2.05, 4.69) is 4.74 Å². The Hall–Kier alpha value is -3.90. The van der Waals surface area contributed by atoms with Gasteiger partial charge in [0, 0.05) is 23.7 Å². The highest BCUT2D eigenvalue weighted by Gasteiger charge is 2.45. The lowest BCUT2D eigenvalue weighted by atomic mass is 9.96. The van der Waals surface area contributed by atoms with Gasteiger partial charge >= 0.3 is 6.16 Å². The minimum atomic E-state index is -1.16. The van der Waals surface area contributed by atoms with Gasteiger partial charge in [0.2, 0.25) is 11.2 Å². The fourth-order valence-electron chi connectivity index (χ4n) is 4.79. The first-order chi connectivity index (χ1) is 18.3. The number of halogens is 2. The minimum Gasteiger partial charge on any atom is -0.437 e. The predicted octanol–water partition coefficient (Wildman–Crippen LogP) is 3.53. The van der Waals surface area contributed by atoms with Gasteiger partial charge in [-0.25, -0.2) is 13.6 Å². The summed E-state index contributed by atoms with van der Waals surface area (Å²) in [5.74, 6) is -3.08. The number of hydrogen-bond acceptors (Lipinski definition) is 8. The van der Waals surface area contributed by atoms with Crippen LogP contribution in [0.15, 0.2) is 64.4 Å². The van der Waals surface area contributed by atoms with Gasteiger partial charge in [0.25, 0.3) is 5.91 Å². The highest BCUT2D eigenvalue weighted by atomic mass is 32.2. The molecule has 0 radical (unpaired) electrons. The Kier molecular flexibility index (Phi) is 7.09. The molecule has 0 N–H and O–H groups in total. The molecule has 0 aliphatic carbocycles. The molecule has 1 fully saturated rings. The van der Waals surface area contributed by atoms with Gasteiger partial charge < -0.3 is 19.1 Å². The van der Waals surface area contributed by atoms with Gasteiger partial charge in [-0.1, -0.05) is 24.3 Å². The van der Waals surface area contributed by atoms with Gasteiger partial charge in [-0.05, 0) is 35.6 Å². The van der Waals surface area contributed by atoms with Gasteiger partial charge in [-0.2, -0.15) is 0 Å². The number of ether oxygens (including phenoxy) is 3.